The van der Waals surface area contributed by atoms with Gasteiger partial charge in [-0.25, -0.2) is 0 Å². The molecule has 0 saturated carbocycles. The lowest BCUT2D eigenvalue weighted by Crippen LogP contribution is -2.30. The number of carbonyl (C=O) groups is 1. The fourth-order valence-corrected chi connectivity index (χ4v) is 4.40. The van der Waals surface area contributed by atoms with Gasteiger partial charge in [0.25, 0.3) is 0 Å². The summed E-state index contributed by atoms with van der Waals surface area (Å²) in [5, 5.41) is 3.96. The van der Waals surface area contributed by atoms with E-state index < -0.39 is 0 Å². The third-order valence-electron chi connectivity index (χ3n) is 4.82. The van der Waals surface area contributed by atoms with Crippen molar-refractivity contribution in [1.82, 2.24) is 10.1 Å². The molecule has 1 saturated heterocycles. The van der Waals surface area contributed by atoms with Crippen LogP contribution < -0.4 is 0 Å². The summed E-state index contributed by atoms with van der Waals surface area (Å²) < 4.78 is 5.17. The van der Waals surface area contributed by atoms with Crippen LogP contribution in [0.1, 0.15) is 40.5 Å². The number of aryl methyl sites for hydroxylation is 3. The van der Waals surface area contributed by atoms with Gasteiger partial charge < -0.3 is 9.42 Å². The fourth-order valence-electron chi connectivity index (χ4n) is 3.33. The molecule has 0 N–H and O–H groups in total. The number of hydrogen-bond donors (Lipinski definition) is 0. The second-order valence-electron chi connectivity index (χ2n) is 6.48. The van der Waals surface area contributed by atoms with Crippen molar-refractivity contribution >= 4 is 17.7 Å². The number of likely N-dealkylation sites (tertiary alicyclic amines) is 1. The molecule has 0 radical (unpaired) electrons. The van der Waals surface area contributed by atoms with Gasteiger partial charge in [0.05, 0.1) is 11.4 Å². The van der Waals surface area contributed by atoms with Crippen molar-refractivity contribution < 1.29 is 9.32 Å². The molecule has 24 heavy (non-hydrogen) atoms. The van der Waals surface area contributed by atoms with Gasteiger partial charge in [-0.05, 0) is 38.3 Å². The van der Waals surface area contributed by atoms with Gasteiger partial charge in [-0.1, -0.05) is 29.4 Å². The summed E-state index contributed by atoms with van der Waals surface area (Å²) in [6, 6.07) is 8.51. The van der Waals surface area contributed by atoms with E-state index in [4.69, 9.17) is 4.52 Å². The first kappa shape index (κ1) is 17.1. The van der Waals surface area contributed by atoms with E-state index in [9.17, 15) is 4.79 Å². The average Bonchev–Trinajstić information content (AvgIpc) is 3.17. The van der Waals surface area contributed by atoms with E-state index in [0.717, 1.165) is 42.3 Å². The van der Waals surface area contributed by atoms with Crippen LogP contribution in [0.25, 0.3) is 0 Å². The van der Waals surface area contributed by atoms with Crippen molar-refractivity contribution in [3.05, 3.63) is 52.4 Å². The van der Waals surface area contributed by atoms with Crippen LogP contribution in [0.15, 0.2) is 28.8 Å². The topological polar surface area (TPSA) is 46.3 Å². The molecule has 1 aromatic carbocycles. The number of hydrogen-bond acceptors (Lipinski definition) is 4. The largest absolute Gasteiger partial charge is 0.361 e. The molecule has 1 amide bonds. The molecule has 2 aromatic rings. The van der Waals surface area contributed by atoms with Crippen LogP contribution in [-0.4, -0.2) is 34.8 Å². The van der Waals surface area contributed by atoms with E-state index >= 15 is 0 Å². The predicted molar refractivity (Wildman–Crippen MR) is 97.3 cm³/mol. The minimum absolute atomic E-state index is 0.239. The molecule has 1 fully saturated rings. The Morgan fingerprint density at radius 3 is 2.83 bits per heavy atom. The second kappa shape index (κ2) is 7.43. The molecule has 3 rings (SSSR count). The molecule has 0 spiro atoms. The van der Waals surface area contributed by atoms with Gasteiger partial charge >= 0.3 is 0 Å². The van der Waals surface area contributed by atoms with Crippen molar-refractivity contribution in [2.75, 3.05) is 18.8 Å². The maximum Gasteiger partial charge on any atom is 0.232 e. The Hall–Kier alpha value is -1.75. The molecular weight excluding hydrogens is 320 g/mol. The normalized spacial score (nSPS) is 17.5. The Labute approximate surface area is 147 Å². The zero-order valence-corrected chi connectivity index (χ0v) is 15.4. The SMILES string of the molecule is Cc1ccccc1[C@@H]1CCN(C(=O)CSCc2c(C)noc2C)C1. The van der Waals surface area contributed by atoms with Crippen LogP contribution in [0, 0.1) is 20.8 Å². The van der Waals surface area contributed by atoms with Gasteiger partial charge in [0.1, 0.15) is 5.76 Å². The lowest BCUT2D eigenvalue weighted by Gasteiger charge is -2.17. The Bertz CT molecular complexity index is 706. The van der Waals surface area contributed by atoms with Crippen molar-refractivity contribution in [2.24, 2.45) is 0 Å². The first-order valence-electron chi connectivity index (χ1n) is 8.39. The van der Waals surface area contributed by atoms with Gasteiger partial charge in [-0.15, -0.1) is 11.8 Å². The quantitative estimate of drug-likeness (QED) is 0.826. The molecule has 1 aromatic heterocycles. The van der Waals surface area contributed by atoms with Crippen LogP contribution in [0.3, 0.4) is 0 Å². The lowest BCUT2D eigenvalue weighted by atomic mass is 9.94. The lowest BCUT2D eigenvalue weighted by molar-refractivity contribution is -0.127. The first-order chi connectivity index (χ1) is 11.6. The van der Waals surface area contributed by atoms with Gasteiger partial charge in [0.15, 0.2) is 0 Å². The van der Waals surface area contributed by atoms with Crippen LogP contribution in [0.4, 0.5) is 0 Å². The number of amides is 1. The van der Waals surface area contributed by atoms with Crippen molar-refractivity contribution in [1.29, 1.82) is 0 Å². The van der Waals surface area contributed by atoms with Gasteiger partial charge in [-0.3, -0.25) is 4.79 Å². The van der Waals surface area contributed by atoms with Gasteiger partial charge in [-0.2, -0.15) is 0 Å². The molecule has 1 aliphatic rings. The average molecular weight is 344 g/mol. The Kier molecular flexibility index (Phi) is 5.29. The van der Waals surface area contributed by atoms with Crippen LogP contribution in [0.2, 0.25) is 0 Å². The highest BCUT2D eigenvalue weighted by Gasteiger charge is 2.27. The van der Waals surface area contributed by atoms with E-state index in [1.54, 1.807) is 11.8 Å². The number of benzene rings is 1. The van der Waals surface area contributed by atoms with E-state index in [1.807, 2.05) is 18.7 Å². The molecule has 0 aliphatic carbocycles. The van der Waals surface area contributed by atoms with Crippen LogP contribution >= 0.6 is 11.8 Å². The van der Waals surface area contributed by atoms with E-state index in [2.05, 4.69) is 36.3 Å². The minimum atomic E-state index is 0.239. The fraction of sp³-hybridized carbons (Fsp3) is 0.474. The van der Waals surface area contributed by atoms with E-state index in [0.29, 0.717) is 11.7 Å². The summed E-state index contributed by atoms with van der Waals surface area (Å²) >= 11 is 1.64. The minimum Gasteiger partial charge on any atom is -0.361 e. The summed E-state index contributed by atoms with van der Waals surface area (Å²) in [5.74, 6) is 2.87. The smallest absolute Gasteiger partial charge is 0.232 e. The zero-order chi connectivity index (χ0) is 17.1. The first-order valence-corrected chi connectivity index (χ1v) is 9.54. The summed E-state index contributed by atoms with van der Waals surface area (Å²) in [4.78, 5) is 14.5. The summed E-state index contributed by atoms with van der Waals surface area (Å²) in [5.41, 5.74) is 4.75. The third kappa shape index (κ3) is 3.66. The van der Waals surface area contributed by atoms with E-state index in [-0.39, 0.29) is 5.91 Å². The highest BCUT2D eigenvalue weighted by Crippen LogP contribution is 2.30. The number of thioether (sulfide) groups is 1. The predicted octanol–water partition coefficient (Wildman–Crippen LogP) is 3.85. The summed E-state index contributed by atoms with van der Waals surface area (Å²) in [6.07, 6.45) is 1.06. The number of rotatable bonds is 5. The Balaban J connectivity index is 1.51. The summed E-state index contributed by atoms with van der Waals surface area (Å²) in [7, 11) is 0. The maximum atomic E-state index is 12.5. The third-order valence-corrected chi connectivity index (χ3v) is 5.77. The summed E-state index contributed by atoms with van der Waals surface area (Å²) in [6.45, 7) is 7.73. The van der Waals surface area contributed by atoms with Crippen molar-refractivity contribution in [3.8, 4) is 0 Å². The molecule has 0 bridgehead atoms. The molecule has 128 valence electrons. The van der Waals surface area contributed by atoms with Gasteiger partial charge in [0.2, 0.25) is 5.91 Å². The molecular formula is C19H24N2O2S. The van der Waals surface area contributed by atoms with E-state index in [1.165, 1.54) is 11.1 Å². The standard InChI is InChI=1S/C19H24N2O2S/c1-13-6-4-5-7-17(13)16-8-9-21(10-16)19(22)12-24-11-18-14(2)20-23-15(18)3/h4-7,16H,8-12H2,1-3H3/t16-/m1/s1. The molecule has 0 unspecified atom stereocenters. The molecule has 4 nitrogen and oxygen atoms in total. The van der Waals surface area contributed by atoms with Crippen molar-refractivity contribution in [3.63, 3.8) is 0 Å². The maximum absolute atomic E-state index is 12.5. The molecule has 1 atom stereocenters. The highest BCUT2D eigenvalue weighted by atomic mass is 32.2. The second-order valence-corrected chi connectivity index (χ2v) is 7.46. The number of nitrogens with zero attached hydrogens (tertiary/aromatic N) is 2. The Morgan fingerprint density at radius 1 is 1.33 bits per heavy atom. The van der Waals surface area contributed by atoms with Crippen molar-refractivity contribution in [2.45, 2.75) is 38.9 Å². The molecule has 2 heterocycles. The number of carbonyl (C=O) groups excluding carboxylic acids is 1. The number of aromatic nitrogens is 1. The van der Waals surface area contributed by atoms with Crippen LogP contribution in [0.5, 0.6) is 0 Å². The van der Waals surface area contributed by atoms with Crippen LogP contribution in [-0.2, 0) is 10.5 Å². The molecule has 5 heteroatoms. The Morgan fingerprint density at radius 2 is 2.12 bits per heavy atom. The zero-order valence-electron chi connectivity index (χ0n) is 14.5. The van der Waals surface area contributed by atoms with Gasteiger partial charge in [0, 0.05) is 30.3 Å². The highest BCUT2D eigenvalue weighted by molar-refractivity contribution is 7.99. The monoisotopic (exact) mass is 344 g/mol. The molecule has 1 aliphatic heterocycles.